The van der Waals surface area contributed by atoms with Gasteiger partial charge < -0.3 is 9.32 Å². The molecular formula is C22H20N2O3. The number of rotatable bonds is 3. The lowest BCUT2D eigenvalue weighted by Crippen LogP contribution is -2.56. The molecule has 136 valence electrons. The van der Waals surface area contributed by atoms with E-state index in [0.29, 0.717) is 11.4 Å². The maximum atomic E-state index is 13.5. The number of piperazine rings is 1. The molecule has 1 aromatic heterocycles. The molecule has 1 fully saturated rings. The van der Waals surface area contributed by atoms with Gasteiger partial charge in [-0.25, -0.2) is 0 Å². The Labute approximate surface area is 157 Å². The van der Waals surface area contributed by atoms with Crippen LogP contribution in [0, 0.1) is 13.8 Å². The summed E-state index contributed by atoms with van der Waals surface area (Å²) in [5.41, 5.74) is 3.39. The fraction of sp³-hybridized carbons (Fsp3) is 0.182. The molecule has 2 heterocycles. The van der Waals surface area contributed by atoms with Gasteiger partial charge in [-0.15, -0.1) is 0 Å². The third kappa shape index (κ3) is 2.91. The summed E-state index contributed by atoms with van der Waals surface area (Å²) in [6.07, 6.45) is 1.52. The van der Waals surface area contributed by atoms with E-state index in [1.807, 2.05) is 62.4 Å². The monoisotopic (exact) mass is 360 g/mol. The molecule has 0 bridgehead atoms. The maximum absolute atomic E-state index is 13.5. The van der Waals surface area contributed by atoms with Gasteiger partial charge in [0.1, 0.15) is 12.3 Å². The van der Waals surface area contributed by atoms with Crippen LogP contribution in [-0.2, 0) is 9.59 Å². The second kappa shape index (κ2) is 6.76. The highest BCUT2D eigenvalue weighted by molar-refractivity contribution is 6.14. The van der Waals surface area contributed by atoms with Crippen molar-refractivity contribution in [2.24, 2.45) is 0 Å². The molecule has 3 aromatic rings. The number of furan rings is 1. The molecule has 0 saturated carbocycles. The minimum Gasteiger partial charge on any atom is -0.467 e. The number of carbonyl (C=O) groups is 2. The van der Waals surface area contributed by atoms with Crippen molar-refractivity contribution in [1.82, 2.24) is 0 Å². The average molecular weight is 360 g/mol. The number of hydrogen-bond acceptors (Lipinski definition) is 3. The third-order valence-corrected chi connectivity index (χ3v) is 4.88. The van der Waals surface area contributed by atoms with Crippen LogP contribution in [0.5, 0.6) is 0 Å². The summed E-state index contributed by atoms with van der Waals surface area (Å²) >= 11 is 0. The molecule has 0 radical (unpaired) electrons. The normalized spacial score (nSPS) is 17.5. The van der Waals surface area contributed by atoms with Gasteiger partial charge in [0.25, 0.3) is 5.91 Å². The molecular weight excluding hydrogens is 340 g/mol. The molecule has 1 saturated heterocycles. The summed E-state index contributed by atoms with van der Waals surface area (Å²) in [6, 6.07) is 17.7. The first-order valence-electron chi connectivity index (χ1n) is 8.86. The second-order valence-electron chi connectivity index (χ2n) is 6.68. The van der Waals surface area contributed by atoms with Gasteiger partial charge in [-0.1, -0.05) is 36.4 Å². The largest absolute Gasteiger partial charge is 0.467 e. The van der Waals surface area contributed by atoms with E-state index < -0.39 is 6.04 Å². The van der Waals surface area contributed by atoms with Crippen LogP contribution in [0.4, 0.5) is 11.4 Å². The molecule has 1 aliphatic rings. The summed E-state index contributed by atoms with van der Waals surface area (Å²) in [6.45, 7) is 3.90. The summed E-state index contributed by atoms with van der Waals surface area (Å²) in [5, 5.41) is 0. The highest BCUT2D eigenvalue weighted by Gasteiger charge is 2.43. The van der Waals surface area contributed by atoms with Gasteiger partial charge in [-0.3, -0.25) is 14.5 Å². The maximum Gasteiger partial charge on any atom is 0.258 e. The lowest BCUT2D eigenvalue weighted by molar-refractivity contribution is -0.129. The molecule has 1 atom stereocenters. The first kappa shape index (κ1) is 17.1. The van der Waals surface area contributed by atoms with Crippen LogP contribution in [0.15, 0.2) is 71.3 Å². The summed E-state index contributed by atoms with van der Waals surface area (Å²) < 4.78 is 5.55. The Bertz CT molecular complexity index is 960. The quantitative estimate of drug-likeness (QED) is 0.709. The van der Waals surface area contributed by atoms with Crippen molar-refractivity contribution in [2.45, 2.75) is 19.9 Å². The molecule has 0 aliphatic carbocycles. The Morgan fingerprint density at radius 3 is 2.22 bits per heavy atom. The smallest absolute Gasteiger partial charge is 0.258 e. The van der Waals surface area contributed by atoms with Gasteiger partial charge in [0.2, 0.25) is 5.91 Å². The molecule has 4 rings (SSSR count). The van der Waals surface area contributed by atoms with Crippen LogP contribution in [-0.4, -0.2) is 18.4 Å². The molecule has 0 N–H and O–H groups in total. The average Bonchev–Trinajstić information content (AvgIpc) is 3.18. The van der Waals surface area contributed by atoms with E-state index in [1.165, 1.54) is 11.2 Å². The van der Waals surface area contributed by atoms with Gasteiger partial charge in [-0.05, 0) is 49.2 Å². The van der Waals surface area contributed by atoms with Crippen LogP contribution in [0.25, 0.3) is 0 Å². The number of hydrogen-bond donors (Lipinski definition) is 0. The van der Waals surface area contributed by atoms with Crippen molar-refractivity contribution < 1.29 is 14.0 Å². The van der Waals surface area contributed by atoms with E-state index in [9.17, 15) is 9.59 Å². The highest BCUT2D eigenvalue weighted by atomic mass is 16.3. The Balaban J connectivity index is 1.83. The van der Waals surface area contributed by atoms with E-state index in [4.69, 9.17) is 4.42 Å². The van der Waals surface area contributed by atoms with E-state index in [-0.39, 0.29) is 18.4 Å². The van der Waals surface area contributed by atoms with E-state index in [1.54, 1.807) is 17.0 Å². The summed E-state index contributed by atoms with van der Waals surface area (Å²) in [5.74, 6) is 0.129. The standard InChI is InChI=1S/C22H20N2O3/c1-15-8-6-9-16(2)20(15)23-14-19(25)24(17-10-4-3-5-11-17)21(22(23)26)18-12-7-13-27-18/h3-13,21H,14H2,1-2H3/t21-/m1/s1. The van der Waals surface area contributed by atoms with Crippen molar-refractivity contribution in [3.05, 3.63) is 83.8 Å². The minimum atomic E-state index is -0.831. The van der Waals surface area contributed by atoms with E-state index in [2.05, 4.69) is 0 Å². The number of benzene rings is 2. The van der Waals surface area contributed by atoms with Crippen molar-refractivity contribution in [3.8, 4) is 0 Å². The third-order valence-electron chi connectivity index (χ3n) is 4.88. The molecule has 27 heavy (non-hydrogen) atoms. The van der Waals surface area contributed by atoms with Crippen molar-refractivity contribution in [3.63, 3.8) is 0 Å². The van der Waals surface area contributed by atoms with Crippen LogP contribution in [0.2, 0.25) is 0 Å². The number of aryl methyl sites for hydroxylation is 2. The molecule has 5 nitrogen and oxygen atoms in total. The molecule has 5 heteroatoms. The summed E-state index contributed by atoms with van der Waals surface area (Å²) in [4.78, 5) is 29.8. The van der Waals surface area contributed by atoms with Gasteiger partial charge in [0.05, 0.1) is 12.0 Å². The van der Waals surface area contributed by atoms with Crippen LogP contribution in [0.3, 0.4) is 0 Å². The van der Waals surface area contributed by atoms with Crippen LogP contribution in [0.1, 0.15) is 22.9 Å². The predicted octanol–water partition coefficient (Wildman–Crippen LogP) is 4.02. The number of para-hydroxylation sites is 2. The van der Waals surface area contributed by atoms with Gasteiger partial charge >= 0.3 is 0 Å². The van der Waals surface area contributed by atoms with Crippen molar-refractivity contribution in [1.29, 1.82) is 0 Å². The zero-order chi connectivity index (χ0) is 19.0. The Morgan fingerprint density at radius 1 is 0.889 bits per heavy atom. The van der Waals surface area contributed by atoms with Crippen LogP contribution < -0.4 is 9.80 Å². The lowest BCUT2D eigenvalue weighted by atomic mass is 10.0. The minimum absolute atomic E-state index is 0.00334. The first-order chi connectivity index (χ1) is 13.1. The zero-order valence-corrected chi connectivity index (χ0v) is 15.3. The fourth-order valence-electron chi connectivity index (χ4n) is 3.69. The zero-order valence-electron chi connectivity index (χ0n) is 15.3. The topological polar surface area (TPSA) is 53.8 Å². The first-order valence-corrected chi connectivity index (χ1v) is 8.86. The van der Waals surface area contributed by atoms with Crippen molar-refractivity contribution >= 4 is 23.2 Å². The van der Waals surface area contributed by atoms with Gasteiger partial charge in [-0.2, -0.15) is 0 Å². The lowest BCUT2D eigenvalue weighted by Gasteiger charge is -2.40. The van der Waals surface area contributed by atoms with Crippen molar-refractivity contribution in [2.75, 3.05) is 16.3 Å². The van der Waals surface area contributed by atoms with E-state index in [0.717, 1.165) is 16.8 Å². The molecule has 2 aromatic carbocycles. The Morgan fingerprint density at radius 2 is 1.59 bits per heavy atom. The number of anilines is 2. The highest BCUT2D eigenvalue weighted by Crippen LogP contribution is 2.36. The second-order valence-corrected chi connectivity index (χ2v) is 6.68. The predicted molar refractivity (Wildman–Crippen MR) is 104 cm³/mol. The molecule has 0 spiro atoms. The molecule has 0 unspecified atom stereocenters. The van der Waals surface area contributed by atoms with Gasteiger partial charge in [0.15, 0.2) is 6.04 Å². The van der Waals surface area contributed by atoms with Gasteiger partial charge in [0, 0.05) is 5.69 Å². The summed E-state index contributed by atoms with van der Waals surface area (Å²) in [7, 11) is 0. The Hall–Kier alpha value is -3.34. The fourth-order valence-corrected chi connectivity index (χ4v) is 3.69. The number of nitrogens with zero attached hydrogens (tertiary/aromatic N) is 2. The van der Waals surface area contributed by atoms with E-state index >= 15 is 0 Å². The SMILES string of the molecule is Cc1cccc(C)c1N1CC(=O)N(c2ccccc2)[C@H](c2ccco2)C1=O. The molecule has 1 aliphatic heterocycles. The number of amides is 2. The van der Waals surface area contributed by atoms with Crippen LogP contribution >= 0.6 is 0 Å². The number of carbonyl (C=O) groups excluding carboxylic acids is 2. The molecule has 2 amide bonds. The Kier molecular flexibility index (Phi) is 4.28.